The number of hydrogen-bond acceptors (Lipinski definition) is 7. The predicted octanol–water partition coefficient (Wildman–Crippen LogP) is 0.127. The quantitative estimate of drug-likeness (QED) is 0.480. The minimum absolute atomic E-state index is 0.0719. The first kappa shape index (κ1) is 20.8. The topological polar surface area (TPSA) is 128 Å². The van der Waals surface area contributed by atoms with Crippen LogP contribution in [0, 0.1) is 6.92 Å². The van der Waals surface area contributed by atoms with Crippen molar-refractivity contribution in [2.45, 2.75) is 44.1 Å². The minimum atomic E-state index is -1.50. The molecule has 0 spiro atoms. The van der Waals surface area contributed by atoms with Gasteiger partial charge < -0.3 is 35.2 Å². The third-order valence-corrected chi connectivity index (χ3v) is 5.63. The molecule has 2 aromatic rings. The molecule has 2 aromatic carbocycles. The molecule has 1 amide bonds. The number of benzene rings is 2. The van der Waals surface area contributed by atoms with Crippen molar-refractivity contribution >= 4 is 5.91 Å². The highest BCUT2D eigenvalue weighted by Gasteiger charge is 2.44. The maximum atomic E-state index is 12.1. The van der Waals surface area contributed by atoms with Gasteiger partial charge in [-0.05, 0) is 53.8 Å². The van der Waals surface area contributed by atoms with Gasteiger partial charge in [0.15, 0.2) is 0 Å². The Hall–Kier alpha value is -2.49. The Bertz CT molecular complexity index is 945. The van der Waals surface area contributed by atoms with Gasteiger partial charge in [0.1, 0.15) is 30.2 Å². The van der Waals surface area contributed by atoms with Crippen molar-refractivity contribution in [1.82, 2.24) is 5.32 Å². The summed E-state index contributed by atoms with van der Waals surface area (Å²) in [5.74, 6) is 0.358. The number of rotatable bonds is 4. The summed E-state index contributed by atoms with van der Waals surface area (Å²) in [6.45, 7) is 1.96. The molecule has 5 atom stereocenters. The Morgan fingerprint density at radius 1 is 1.07 bits per heavy atom. The van der Waals surface area contributed by atoms with Crippen LogP contribution >= 0.6 is 0 Å². The fraction of sp³-hybridized carbons (Fsp3) is 0.409. The van der Waals surface area contributed by atoms with Gasteiger partial charge in [-0.1, -0.05) is 18.2 Å². The molecule has 0 unspecified atom stereocenters. The Labute approximate surface area is 173 Å². The molecule has 1 fully saturated rings. The van der Waals surface area contributed by atoms with E-state index < -0.39 is 37.3 Å². The van der Waals surface area contributed by atoms with E-state index >= 15 is 0 Å². The minimum Gasteiger partial charge on any atom is -0.462 e. The second-order valence-electron chi connectivity index (χ2n) is 7.67. The highest BCUT2D eigenvalue weighted by Crippen LogP contribution is 2.31. The molecular formula is C22H25NO7. The number of aliphatic hydroxyl groups excluding tert-OH is 4. The van der Waals surface area contributed by atoms with E-state index in [9.17, 15) is 25.2 Å². The summed E-state index contributed by atoms with van der Waals surface area (Å²) >= 11 is 0. The molecule has 2 heterocycles. The van der Waals surface area contributed by atoms with Gasteiger partial charge in [-0.15, -0.1) is 0 Å². The monoisotopic (exact) mass is 415 g/mol. The normalized spacial score (nSPS) is 28.6. The lowest BCUT2D eigenvalue weighted by Gasteiger charge is -2.39. The van der Waals surface area contributed by atoms with Crippen molar-refractivity contribution in [1.29, 1.82) is 0 Å². The van der Waals surface area contributed by atoms with Gasteiger partial charge in [0, 0.05) is 12.1 Å². The molecule has 0 saturated carbocycles. The molecule has 30 heavy (non-hydrogen) atoms. The smallest absolute Gasteiger partial charge is 0.251 e. The van der Waals surface area contributed by atoms with E-state index in [0.717, 1.165) is 28.7 Å². The first-order chi connectivity index (χ1) is 14.4. The highest BCUT2D eigenvalue weighted by molar-refractivity contribution is 5.98. The Balaban J connectivity index is 1.55. The standard InChI is InChI=1S/C22H25NO7/c1-11-8-13(14-3-2-12-6-7-23-21(28)15(12)9-14)4-5-16(11)29-22-20(27)19(26)18(25)17(10-24)30-22/h2-5,8-9,17-20,22,24-27H,6-7,10H2,1H3,(H,23,28)/t17-,18-,19+,20+,22+/m0/s1. The number of nitrogens with one attached hydrogen (secondary N) is 1. The fourth-order valence-electron chi connectivity index (χ4n) is 3.84. The lowest BCUT2D eigenvalue weighted by molar-refractivity contribution is -0.277. The average molecular weight is 415 g/mol. The Morgan fingerprint density at radius 2 is 1.80 bits per heavy atom. The summed E-state index contributed by atoms with van der Waals surface area (Å²) in [5, 5.41) is 42.1. The molecule has 4 rings (SSSR count). The summed E-state index contributed by atoms with van der Waals surface area (Å²) in [6, 6.07) is 11.3. The van der Waals surface area contributed by atoms with Gasteiger partial charge in [0.2, 0.25) is 6.29 Å². The molecule has 2 aliphatic rings. The summed E-state index contributed by atoms with van der Waals surface area (Å²) in [6.07, 6.45) is -5.86. The second kappa shape index (κ2) is 8.33. The van der Waals surface area contributed by atoms with E-state index in [1.807, 2.05) is 37.3 Å². The number of carbonyl (C=O) groups excluding carboxylic acids is 1. The van der Waals surface area contributed by atoms with Gasteiger partial charge in [0.05, 0.1) is 6.61 Å². The zero-order valence-corrected chi connectivity index (χ0v) is 16.5. The van der Waals surface area contributed by atoms with Crippen LogP contribution in [0.1, 0.15) is 21.5 Å². The van der Waals surface area contributed by atoms with Crippen LogP contribution in [0.4, 0.5) is 0 Å². The molecular weight excluding hydrogens is 390 g/mol. The first-order valence-corrected chi connectivity index (χ1v) is 9.88. The van der Waals surface area contributed by atoms with E-state index in [0.29, 0.717) is 17.9 Å². The lowest BCUT2D eigenvalue weighted by atomic mass is 9.94. The van der Waals surface area contributed by atoms with Gasteiger partial charge >= 0.3 is 0 Å². The number of hydrogen-bond donors (Lipinski definition) is 5. The number of aryl methyl sites for hydroxylation is 1. The number of ether oxygens (including phenoxy) is 2. The van der Waals surface area contributed by atoms with Crippen molar-refractivity contribution in [2.75, 3.05) is 13.2 Å². The first-order valence-electron chi connectivity index (χ1n) is 9.88. The van der Waals surface area contributed by atoms with Crippen LogP contribution in [0.5, 0.6) is 5.75 Å². The van der Waals surface area contributed by atoms with Crippen molar-refractivity contribution in [3.63, 3.8) is 0 Å². The molecule has 160 valence electrons. The van der Waals surface area contributed by atoms with E-state index in [4.69, 9.17) is 9.47 Å². The predicted molar refractivity (Wildman–Crippen MR) is 107 cm³/mol. The number of fused-ring (bicyclic) bond motifs is 1. The fourth-order valence-corrected chi connectivity index (χ4v) is 3.84. The van der Waals surface area contributed by atoms with Crippen LogP contribution in [0.2, 0.25) is 0 Å². The molecule has 1 saturated heterocycles. The van der Waals surface area contributed by atoms with Crippen molar-refractivity contribution in [3.8, 4) is 16.9 Å². The van der Waals surface area contributed by atoms with Crippen LogP contribution in [0.15, 0.2) is 36.4 Å². The van der Waals surface area contributed by atoms with E-state index in [1.54, 1.807) is 6.07 Å². The van der Waals surface area contributed by atoms with E-state index in [-0.39, 0.29) is 5.91 Å². The summed E-state index contributed by atoms with van der Waals surface area (Å²) in [7, 11) is 0. The second-order valence-corrected chi connectivity index (χ2v) is 7.67. The summed E-state index contributed by atoms with van der Waals surface area (Å²) < 4.78 is 11.1. The lowest BCUT2D eigenvalue weighted by Crippen LogP contribution is -2.60. The van der Waals surface area contributed by atoms with Crippen LogP contribution in [0.3, 0.4) is 0 Å². The van der Waals surface area contributed by atoms with Gasteiger partial charge in [-0.25, -0.2) is 0 Å². The van der Waals surface area contributed by atoms with Crippen LogP contribution in [-0.4, -0.2) is 70.2 Å². The van der Waals surface area contributed by atoms with Crippen LogP contribution < -0.4 is 10.1 Å². The molecule has 2 aliphatic heterocycles. The zero-order valence-electron chi connectivity index (χ0n) is 16.5. The van der Waals surface area contributed by atoms with Crippen LogP contribution in [0.25, 0.3) is 11.1 Å². The average Bonchev–Trinajstić information content (AvgIpc) is 2.75. The van der Waals surface area contributed by atoms with E-state index in [1.165, 1.54) is 0 Å². The van der Waals surface area contributed by atoms with Crippen molar-refractivity contribution in [3.05, 3.63) is 53.1 Å². The van der Waals surface area contributed by atoms with Crippen molar-refractivity contribution in [2.24, 2.45) is 0 Å². The molecule has 0 radical (unpaired) electrons. The molecule has 0 bridgehead atoms. The molecule has 8 heteroatoms. The van der Waals surface area contributed by atoms with E-state index in [2.05, 4.69) is 5.32 Å². The summed E-state index contributed by atoms with van der Waals surface area (Å²) in [5.41, 5.74) is 4.26. The Morgan fingerprint density at radius 3 is 2.53 bits per heavy atom. The maximum Gasteiger partial charge on any atom is 0.251 e. The number of amides is 1. The molecule has 8 nitrogen and oxygen atoms in total. The molecule has 0 aliphatic carbocycles. The summed E-state index contributed by atoms with van der Waals surface area (Å²) in [4.78, 5) is 12.1. The van der Waals surface area contributed by atoms with Gasteiger partial charge in [-0.2, -0.15) is 0 Å². The van der Waals surface area contributed by atoms with Gasteiger partial charge in [0.25, 0.3) is 5.91 Å². The Kier molecular flexibility index (Phi) is 5.77. The SMILES string of the molecule is Cc1cc(-c2ccc3c(c2)C(=O)NCC3)ccc1O[C@@H]1O[C@@H](CO)[C@H](O)[C@@H](O)[C@H]1O. The number of carbonyl (C=O) groups is 1. The zero-order chi connectivity index (χ0) is 21.4. The van der Waals surface area contributed by atoms with Crippen molar-refractivity contribution < 1.29 is 34.7 Å². The maximum absolute atomic E-state index is 12.1. The van der Waals surface area contributed by atoms with Gasteiger partial charge in [-0.3, -0.25) is 4.79 Å². The molecule has 5 N–H and O–H groups in total. The highest BCUT2D eigenvalue weighted by atomic mass is 16.7. The number of aliphatic hydroxyl groups is 4. The largest absolute Gasteiger partial charge is 0.462 e. The molecule has 0 aromatic heterocycles. The third kappa shape index (κ3) is 3.80. The van der Waals surface area contributed by atoms with Crippen LogP contribution in [-0.2, 0) is 11.2 Å². The third-order valence-electron chi connectivity index (χ3n) is 5.63.